The van der Waals surface area contributed by atoms with Gasteiger partial charge in [-0.15, -0.1) is 0 Å². The lowest BCUT2D eigenvalue weighted by atomic mass is 10.0. The van der Waals surface area contributed by atoms with Gasteiger partial charge >= 0.3 is 6.09 Å². The molecule has 0 aromatic carbocycles. The summed E-state index contributed by atoms with van der Waals surface area (Å²) in [5.41, 5.74) is 2.31. The molecular formula is C15H25N3O3. The van der Waals surface area contributed by atoms with Crippen LogP contribution in [0.15, 0.2) is 0 Å². The molecule has 1 aliphatic heterocycles. The molecule has 6 heteroatoms. The van der Waals surface area contributed by atoms with E-state index in [1.807, 2.05) is 39.3 Å². The Hall–Kier alpha value is -1.56. The molecule has 0 atom stereocenters. The van der Waals surface area contributed by atoms with E-state index in [1.165, 1.54) is 0 Å². The van der Waals surface area contributed by atoms with E-state index in [9.17, 15) is 9.90 Å². The Balaban J connectivity index is 2.23. The van der Waals surface area contributed by atoms with E-state index in [4.69, 9.17) is 4.74 Å². The molecule has 0 unspecified atom stereocenters. The monoisotopic (exact) mass is 295 g/mol. The van der Waals surface area contributed by atoms with Gasteiger partial charge in [-0.25, -0.2) is 4.79 Å². The zero-order valence-electron chi connectivity index (χ0n) is 13.5. The minimum Gasteiger partial charge on any atom is -0.444 e. The predicted molar refractivity (Wildman–Crippen MR) is 78.9 cm³/mol. The molecule has 1 aromatic heterocycles. The van der Waals surface area contributed by atoms with Crippen LogP contribution >= 0.6 is 0 Å². The van der Waals surface area contributed by atoms with Crippen LogP contribution in [0.2, 0.25) is 0 Å². The zero-order chi connectivity index (χ0) is 15.8. The molecular weight excluding hydrogens is 270 g/mol. The highest BCUT2D eigenvalue weighted by Crippen LogP contribution is 2.26. The summed E-state index contributed by atoms with van der Waals surface area (Å²) in [4.78, 5) is 13.9. The molecule has 0 radical (unpaired) electrons. The number of carbonyl (C=O) groups is 1. The number of carbonyl (C=O) groups excluding carboxylic acids is 1. The number of fused-ring (bicyclic) bond motifs is 1. The quantitative estimate of drug-likeness (QED) is 0.908. The van der Waals surface area contributed by atoms with Crippen molar-refractivity contribution in [2.24, 2.45) is 0 Å². The first-order valence-corrected chi connectivity index (χ1v) is 7.41. The molecule has 0 bridgehead atoms. The molecule has 2 heterocycles. The average Bonchev–Trinajstić information content (AvgIpc) is 2.74. The summed E-state index contributed by atoms with van der Waals surface area (Å²) in [5.74, 6) is 0. The maximum atomic E-state index is 12.2. The molecule has 2 rings (SSSR count). The van der Waals surface area contributed by atoms with Gasteiger partial charge in [-0.3, -0.25) is 4.68 Å². The first-order chi connectivity index (χ1) is 9.73. The van der Waals surface area contributed by atoms with Crippen molar-refractivity contribution in [2.75, 3.05) is 6.54 Å². The summed E-state index contributed by atoms with van der Waals surface area (Å²) >= 11 is 0. The molecule has 0 spiro atoms. The normalized spacial score (nSPS) is 15.3. The Labute approximate surface area is 125 Å². The van der Waals surface area contributed by atoms with Gasteiger partial charge in [0, 0.05) is 18.2 Å². The van der Waals surface area contributed by atoms with Gasteiger partial charge in [-0.2, -0.15) is 5.10 Å². The van der Waals surface area contributed by atoms with Crippen LogP contribution in [0.4, 0.5) is 4.79 Å². The minimum absolute atomic E-state index is 0.0610. The number of ether oxygens (including phenoxy) is 1. The van der Waals surface area contributed by atoms with Gasteiger partial charge in [-0.05, 0) is 41.0 Å². The van der Waals surface area contributed by atoms with Crippen molar-refractivity contribution in [3.63, 3.8) is 0 Å². The molecule has 1 aromatic rings. The number of hydrogen-bond acceptors (Lipinski definition) is 4. The van der Waals surface area contributed by atoms with E-state index < -0.39 is 5.60 Å². The van der Waals surface area contributed by atoms with Crippen molar-refractivity contribution in [1.29, 1.82) is 0 Å². The molecule has 1 amide bonds. The lowest BCUT2D eigenvalue weighted by Gasteiger charge is -2.31. The molecule has 0 fully saturated rings. The topological polar surface area (TPSA) is 67.6 Å². The highest BCUT2D eigenvalue weighted by atomic mass is 16.6. The van der Waals surface area contributed by atoms with Crippen LogP contribution in [-0.4, -0.2) is 38.0 Å². The lowest BCUT2D eigenvalue weighted by molar-refractivity contribution is 0.0217. The molecule has 1 aliphatic rings. The molecule has 6 nitrogen and oxygen atoms in total. The van der Waals surface area contributed by atoms with Crippen molar-refractivity contribution < 1.29 is 14.6 Å². The summed E-state index contributed by atoms with van der Waals surface area (Å²) in [6.07, 6.45) is 0.409. The Morgan fingerprint density at radius 2 is 2.10 bits per heavy atom. The largest absolute Gasteiger partial charge is 0.444 e. The fourth-order valence-electron chi connectivity index (χ4n) is 2.56. The maximum absolute atomic E-state index is 12.2. The third-order valence-corrected chi connectivity index (χ3v) is 3.46. The van der Waals surface area contributed by atoms with Crippen LogP contribution in [0.5, 0.6) is 0 Å². The van der Waals surface area contributed by atoms with E-state index in [2.05, 4.69) is 5.10 Å². The fraction of sp³-hybridized carbons (Fsp3) is 0.733. The molecule has 1 N–H and O–H groups in total. The second-order valence-electron chi connectivity index (χ2n) is 6.72. The van der Waals surface area contributed by atoms with Gasteiger partial charge in [0.15, 0.2) is 0 Å². The summed E-state index contributed by atoms with van der Waals surface area (Å²) < 4.78 is 7.33. The lowest BCUT2D eigenvalue weighted by Crippen LogP contribution is -2.40. The maximum Gasteiger partial charge on any atom is 0.410 e. The Bertz CT molecular complexity index is 529. The van der Waals surface area contributed by atoms with Gasteiger partial charge < -0.3 is 14.7 Å². The number of nitrogens with zero attached hydrogens (tertiary/aromatic N) is 3. The fourth-order valence-corrected chi connectivity index (χ4v) is 2.56. The second kappa shape index (κ2) is 5.67. The van der Waals surface area contributed by atoms with E-state index in [0.29, 0.717) is 19.5 Å². The predicted octanol–water partition coefficient (Wildman–Crippen LogP) is 2.25. The third-order valence-electron chi connectivity index (χ3n) is 3.46. The molecule has 0 aliphatic carbocycles. The summed E-state index contributed by atoms with van der Waals surface area (Å²) in [6, 6.07) is 0.192. The Morgan fingerprint density at radius 1 is 1.43 bits per heavy atom. The molecule has 21 heavy (non-hydrogen) atoms. The Morgan fingerprint density at radius 3 is 2.62 bits per heavy atom. The van der Waals surface area contributed by atoms with Crippen LogP contribution < -0.4 is 0 Å². The van der Waals surface area contributed by atoms with Crippen molar-refractivity contribution in [3.8, 4) is 0 Å². The number of rotatable bonds is 2. The summed E-state index contributed by atoms with van der Waals surface area (Å²) in [6.45, 7) is 10.7. The third kappa shape index (κ3) is 3.37. The number of hydrogen-bond donors (Lipinski definition) is 1. The van der Waals surface area contributed by atoms with E-state index in [-0.39, 0.29) is 18.7 Å². The van der Waals surface area contributed by atoms with Crippen LogP contribution in [0.25, 0.3) is 0 Å². The van der Waals surface area contributed by atoms with E-state index in [1.54, 1.807) is 4.90 Å². The first kappa shape index (κ1) is 15.8. The van der Waals surface area contributed by atoms with Crippen LogP contribution in [0.1, 0.15) is 57.6 Å². The number of aliphatic hydroxyl groups is 1. The number of aromatic nitrogens is 2. The molecule has 118 valence electrons. The van der Waals surface area contributed by atoms with Gasteiger partial charge in [-0.1, -0.05) is 0 Å². The summed E-state index contributed by atoms with van der Waals surface area (Å²) in [7, 11) is 0. The zero-order valence-corrected chi connectivity index (χ0v) is 13.5. The van der Waals surface area contributed by atoms with Gasteiger partial charge in [0.2, 0.25) is 0 Å². The highest BCUT2D eigenvalue weighted by molar-refractivity contribution is 5.68. The van der Waals surface area contributed by atoms with Gasteiger partial charge in [0.1, 0.15) is 5.60 Å². The molecule has 0 saturated heterocycles. The number of amides is 1. The van der Waals surface area contributed by atoms with Crippen molar-refractivity contribution in [1.82, 2.24) is 14.7 Å². The van der Waals surface area contributed by atoms with Crippen molar-refractivity contribution in [3.05, 3.63) is 17.0 Å². The van der Waals surface area contributed by atoms with Gasteiger partial charge in [0.25, 0.3) is 0 Å². The van der Waals surface area contributed by atoms with Crippen LogP contribution in [-0.2, 0) is 24.3 Å². The first-order valence-electron chi connectivity index (χ1n) is 7.41. The average molecular weight is 295 g/mol. The SMILES string of the molecule is CC(C)n1nc(CO)c2c1CN(C(=O)OC(C)(C)C)CC2. The van der Waals surface area contributed by atoms with Crippen LogP contribution in [0, 0.1) is 0 Å². The van der Waals surface area contributed by atoms with Crippen molar-refractivity contribution >= 4 is 6.09 Å². The van der Waals surface area contributed by atoms with Crippen LogP contribution in [0.3, 0.4) is 0 Å². The Kier molecular flexibility index (Phi) is 4.27. The smallest absolute Gasteiger partial charge is 0.410 e. The number of aliphatic hydroxyl groups excluding tert-OH is 1. The summed E-state index contributed by atoms with van der Waals surface area (Å²) in [5, 5.41) is 13.9. The minimum atomic E-state index is -0.494. The second-order valence-corrected chi connectivity index (χ2v) is 6.72. The molecule has 0 saturated carbocycles. The standard InChI is InChI=1S/C15H25N3O3/c1-10(2)18-13-8-17(14(20)21-15(3,4)5)7-6-11(13)12(9-19)16-18/h10,19H,6-9H2,1-5H3. The van der Waals surface area contributed by atoms with E-state index in [0.717, 1.165) is 17.0 Å². The van der Waals surface area contributed by atoms with Gasteiger partial charge in [0.05, 0.1) is 24.5 Å². The highest BCUT2D eigenvalue weighted by Gasteiger charge is 2.30. The van der Waals surface area contributed by atoms with Crippen molar-refractivity contribution in [2.45, 2.75) is 65.8 Å². The van der Waals surface area contributed by atoms with E-state index >= 15 is 0 Å².